The number of rotatable bonds is 10. The molecule has 3 heterocycles. The summed E-state index contributed by atoms with van der Waals surface area (Å²) in [6.45, 7) is 17.9. The molecule has 292 valence electrons. The number of hydrogen-bond donors (Lipinski definition) is 1. The summed E-state index contributed by atoms with van der Waals surface area (Å²) in [7, 11) is -1.26. The third-order valence-electron chi connectivity index (χ3n) is 9.37. The largest absolute Gasteiger partial charge is 0.495 e. The molecule has 54 heavy (non-hydrogen) atoms. The zero-order valence-electron chi connectivity index (χ0n) is 32.0. The molecule has 0 bridgehead atoms. The first-order chi connectivity index (χ1) is 24.9. The molecule has 4 aromatic rings. The topological polar surface area (TPSA) is 94.1 Å². The summed E-state index contributed by atoms with van der Waals surface area (Å²) in [5.41, 5.74) is 5.28. The van der Waals surface area contributed by atoms with Crippen LogP contribution in [0.15, 0.2) is 84.9 Å². The lowest BCUT2D eigenvalue weighted by Crippen LogP contribution is -2.41. The Kier molecular flexibility index (Phi) is 17.2. The van der Waals surface area contributed by atoms with Gasteiger partial charge in [-0.05, 0) is 132 Å². The smallest absolute Gasteiger partial charge is 0.457 e. The van der Waals surface area contributed by atoms with E-state index in [1.165, 1.54) is 24.0 Å². The van der Waals surface area contributed by atoms with E-state index < -0.39 is 25.4 Å². The fourth-order valence-corrected chi connectivity index (χ4v) is 5.53. The molecule has 0 unspecified atom stereocenters. The summed E-state index contributed by atoms with van der Waals surface area (Å²) in [6, 6.07) is 27.4. The summed E-state index contributed by atoms with van der Waals surface area (Å²) in [5.74, 6) is 3.10. The lowest BCUT2D eigenvalue weighted by atomic mass is 9.76. The maximum absolute atomic E-state index is 9.53. The fourth-order valence-electron chi connectivity index (χ4n) is 5.53. The highest BCUT2D eigenvalue weighted by molar-refractivity contribution is 6.62. The van der Waals surface area contributed by atoms with E-state index in [2.05, 4.69) is 6.92 Å². The Morgan fingerprint density at radius 1 is 0.685 bits per heavy atom. The van der Waals surface area contributed by atoms with Crippen molar-refractivity contribution in [1.82, 2.24) is 0 Å². The maximum Gasteiger partial charge on any atom is 0.495 e. The molecule has 9 nitrogen and oxygen atoms in total. The molecule has 2 saturated heterocycles. The van der Waals surface area contributed by atoms with Crippen LogP contribution in [-0.2, 0) is 41.4 Å². The molecule has 12 heteroatoms. The summed E-state index contributed by atoms with van der Waals surface area (Å²) in [4.78, 5) is 0. The van der Waals surface area contributed by atoms with Crippen molar-refractivity contribution < 1.29 is 47.4 Å². The lowest BCUT2D eigenvalue weighted by molar-refractivity contribution is -0.0570. The predicted molar refractivity (Wildman–Crippen MR) is 214 cm³/mol. The van der Waals surface area contributed by atoms with Gasteiger partial charge in [0.1, 0.15) is 29.8 Å². The predicted octanol–water partition coefficient (Wildman–Crippen LogP) is 8.19. The van der Waals surface area contributed by atoms with Crippen LogP contribution in [0.5, 0.6) is 23.0 Å². The van der Waals surface area contributed by atoms with Crippen LogP contribution in [-0.4, -0.2) is 57.1 Å². The summed E-state index contributed by atoms with van der Waals surface area (Å²) in [5, 5.41) is 9.53. The maximum atomic E-state index is 9.53. The average Bonchev–Trinajstić information content (AvgIpc) is 3.87. The third kappa shape index (κ3) is 12.4. The summed E-state index contributed by atoms with van der Waals surface area (Å²) >= 11 is 0. The van der Waals surface area contributed by atoms with Gasteiger partial charge in [-0.15, -0.1) is 0 Å². The van der Waals surface area contributed by atoms with E-state index in [9.17, 15) is 5.02 Å². The van der Waals surface area contributed by atoms with Gasteiger partial charge in [-0.1, -0.05) is 55.0 Å². The molecule has 3 aliphatic heterocycles. The SMILES string of the molecule is C.C1CCOC1.CCOCOCc1cc(Oc2ccc(C)cc2)ccc1B1OC(C)(C)C(C)(C)O1.Cc1ccc(Oc2ccc3c(c2)COB3O)cc1.F. The van der Waals surface area contributed by atoms with E-state index in [1.807, 2.05) is 126 Å². The number of aryl methyl sites for hydroxylation is 2. The lowest BCUT2D eigenvalue weighted by Gasteiger charge is -2.32. The van der Waals surface area contributed by atoms with Gasteiger partial charge in [0.05, 0.1) is 24.4 Å². The van der Waals surface area contributed by atoms with Gasteiger partial charge in [0.25, 0.3) is 0 Å². The van der Waals surface area contributed by atoms with Crippen LogP contribution in [0, 0.1) is 13.8 Å². The van der Waals surface area contributed by atoms with Gasteiger partial charge in [0.15, 0.2) is 0 Å². The number of hydrogen-bond acceptors (Lipinski definition) is 9. The Morgan fingerprint density at radius 3 is 1.69 bits per heavy atom. The van der Waals surface area contributed by atoms with Crippen molar-refractivity contribution in [2.75, 3.05) is 26.6 Å². The molecule has 7 rings (SSSR count). The van der Waals surface area contributed by atoms with Gasteiger partial charge in [-0.2, -0.15) is 0 Å². The van der Waals surface area contributed by atoms with Gasteiger partial charge in [-0.25, -0.2) is 0 Å². The van der Waals surface area contributed by atoms with Crippen LogP contribution in [0.2, 0.25) is 0 Å². The first-order valence-electron chi connectivity index (χ1n) is 18.1. The first-order valence-corrected chi connectivity index (χ1v) is 18.1. The Morgan fingerprint density at radius 2 is 1.19 bits per heavy atom. The quantitative estimate of drug-likeness (QED) is 0.0980. The Labute approximate surface area is 321 Å². The van der Waals surface area contributed by atoms with Crippen molar-refractivity contribution in [1.29, 1.82) is 0 Å². The van der Waals surface area contributed by atoms with Crippen molar-refractivity contribution in [3.8, 4) is 23.0 Å². The minimum Gasteiger partial charge on any atom is -0.457 e. The molecule has 0 saturated carbocycles. The number of fused-ring (bicyclic) bond motifs is 1. The van der Waals surface area contributed by atoms with Crippen LogP contribution >= 0.6 is 0 Å². The van der Waals surface area contributed by atoms with E-state index in [0.717, 1.165) is 58.3 Å². The van der Waals surface area contributed by atoms with Crippen LogP contribution in [0.25, 0.3) is 0 Å². The summed E-state index contributed by atoms with van der Waals surface area (Å²) < 4.78 is 45.4. The van der Waals surface area contributed by atoms with Gasteiger partial charge in [0, 0.05) is 19.8 Å². The molecular weight excluding hydrogens is 689 g/mol. The first kappa shape index (κ1) is 44.7. The van der Waals surface area contributed by atoms with Crippen molar-refractivity contribution in [2.45, 2.75) is 93.2 Å². The van der Waals surface area contributed by atoms with Crippen LogP contribution in [0.4, 0.5) is 4.70 Å². The number of halogens is 1. The molecule has 2 fully saturated rings. The van der Waals surface area contributed by atoms with E-state index in [0.29, 0.717) is 19.8 Å². The molecule has 0 spiro atoms. The van der Waals surface area contributed by atoms with E-state index in [4.69, 9.17) is 37.6 Å². The molecule has 3 aliphatic rings. The van der Waals surface area contributed by atoms with Gasteiger partial charge in [-0.3, -0.25) is 4.70 Å². The monoisotopic (exact) mass is 746 g/mol. The minimum atomic E-state index is -0.798. The van der Waals surface area contributed by atoms with Crippen LogP contribution in [0.1, 0.15) is 77.1 Å². The van der Waals surface area contributed by atoms with Crippen LogP contribution < -0.4 is 20.4 Å². The second-order valence-electron chi connectivity index (χ2n) is 14.1. The molecule has 0 radical (unpaired) electrons. The summed E-state index contributed by atoms with van der Waals surface area (Å²) in [6.07, 6.45) is 2.56. The van der Waals surface area contributed by atoms with Gasteiger partial charge in [0.2, 0.25) is 0 Å². The van der Waals surface area contributed by atoms with Crippen molar-refractivity contribution in [3.63, 3.8) is 0 Å². The molecule has 4 aromatic carbocycles. The normalized spacial score (nSPS) is 16.1. The number of ether oxygens (including phenoxy) is 5. The molecule has 0 amide bonds. The highest BCUT2D eigenvalue weighted by Crippen LogP contribution is 2.37. The van der Waals surface area contributed by atoms with E-state index in [-0.39, 0.29) is 18.9 Å². The standard InChI is InChI=1S/C23H31BO5.C14H13BO3.C4H8O.CH4.FH/c1-7-25-16-26-15-18-14-20(27-19-10-8-17(2)9-11-19)12-13-21(18)24-28-22(3,4)23(5,6)29-24;1-10-2-4-12(5-3-10)18-13-6-7-14-11(8-13)9-17-15(14)16;1-2-4-5-3-1;;/h8-14H,7,15-16H2,1-6H3;2-8,16H,9H2,1H3;1-4H2;1H4;1H. The molecule has 1 N–H and O–H groups in total. The van der Waals surface area contributed by atoms with E-state index >= 15 is 0 Å². The fraction of sp³-hybridized carbons (Fsp3) is 0.429. The molecule has 0 aliphatic carbocycles. The third-order valence-corrected chi connectivity index (χ3v) is 9.37. The minimum absolute atomic E-state index is 0. The highest BCUT2D eigenvalue weighted by Gasteiger charge is 2.52. The highest BCUT2D eigenvalue weighted by atomic mass is 19.0. The zero-order chi connectivity index (χ0) is 37.1. The average molecular weight is 747 g/mol. The second kappa shape index (κ2) is 20.8. The zero-order valence-corrected chi connectivity index (χ0v) is 32.0. The Bertz CT molecular complexity index is 1690. The number of benzene rings is 4. The Balaban J connectivity index is 0.000000266. The molecular formula is C42H57B2FO9. The van der Waals surface area contributed by atoms with Gasteiger partial charge < -0.3 is 42.7 Å². The Hall–Kier alpha value is -3.74. The van der Waals surface area contributed by atoms with Crippen LogP contribution in [0.3, 0.4) is 0 Å². The van der Waals surface area contributed by atoms with Gasteiger partial charge >= 0.3 is 14.2 Å². The van der Waals surface area contributed by atoms with E-state index in [1.54, 1.807) is 0 Å². The van der Waals surface area contributed by atoms with Crippen molar-refractivity contribution in [2.24, 2.45) is 0 Å². The van der Waals surface area contributed by atoms with Crippen molar-refractivity contribution >= 4 is 25.2 Å². The van der Waals surface area contributed by atoms with Crippen molar-refractivity contribution in [3.05, 3.63) is 107 Å². The molecule has 0 atom stereocenters. The second-order valence-corrected chi connectivity index (χ2v) is 14.1. The molecule has 0 aromatic heterocycles.